The number of hydrogen-bond acceptors (Lipinski definition) is 6. The minimum atomic E-state index is 0.621. The first-order valence-electron chi connectivity index (χ1n) is 10.0. The van der Waals surface area contributed by atoms with Crippen molar-refractivity contribution >= 4 is 28.9 Å². The van der Waals surface area contributed by atoms with Crippen molar-refractivity contribution in [2.24, 2.45) is 4.99 Å². The molecule has 2 aromatic heterocycles. The van der Waals surface area contributed by atoms with Gasteiger partial charge in [0.2, 0.25) is 0 Å². The van der Waals surface area contributed by atoms with Crippen molar-refractivity contribution in [3.63, 3.8) is 0 Å². The predicted molar refractivity (Wildman–Crippen MR) is 118 cm³/mol. The number of methoxy groups -OCH3 is 1. The van der Waals surface area contributed by atoms with Crippen LogP contribution in [0, 0.1) is 0 Å². The van der Waals surface area contributed by atoms with Crippen molar-refractivity contribution in [2.75, 3.05) is 53.0 Å². The Kier molecular flexibility index (Phi) is 8.72. The fourth-order valence-electron chi connectivity index (χ4n) is 3.31. The largest absolute Gasteiger partial charge is 0.383 e. The molecule has 160 valence electrons. The maximum absolute atomic E-state index is 6.06. The van der Waals surface area contributed by atoms with Crippen LogP contribution in [0.15, 0.2) is 23.5 Å². The van der Waals surface area contributed by atoms with E-state index in [1.807, 2.05) is 6.07 Å². The first-order valence-corrected chi connectivity index (χ1v) is 11.2. The number of aryl methyl sites for hydroxylation is 1. The third-order valence-corrected chi connectivity index (χ3v) is 6.10. The zero-order valence-corrected chi connectivity index (χ0v) is 18.8. The van der Waals surface area contributed by atoms with E-state index in [1.54, 1.807) is 24.8 Å². The van der Waals surface area contributed by atoms with E-state index < -0.39 is 0 Å². The molecule has 10 heteroatoms. The van der Waals surface area contributed by atoms with Crippen LogP contribution in [-0.4, -0.2) is 83.5 Å². The Bertz CT molecular complexity index is 770. The van der Waals surface area contributed by atoms with Crippen LogP contribution >= 0.6 is 22.9 Å². The summed E-state index contributed by atoms with van der Waals surface area (Å²) in [6.45, 7) is 9.84. The molecule has 1 N–H and O–H groups in total. The minimum absolute atomic E-state index is 0.621. The van der Waals surface area contributed by atoms with E-state index in [-0.39, 0.29) is 0 Å². The highest BCUT2D eigenvalue weighted by molar-refractivity contribution is 7.16. The lowest BCUT2D eigenvalue weighted by atomic mass is 10.3. The van der Waals surface area contributed by atoms with Gasteiger partial charge in [-0.05, 0) is 12.1 Å². The quantitative estimate of drug-likeness (QED) is 0.366. The van der Waals surface area contributed by atoms with Gasteiger partial charge in [0.05, 0.1) is 17.5 Å². The fourth-order valence-corrected chi connectivity index (χ4v) is 4.44. The van der Waals surface area contributed by atoms with Crippen LogP contribution in [0.4, 0.5) is 0 Å². The second kappa shape index (κ2) is 11.5. The number of guanidine groups is 1. The van der Waals surface area contributed by atoms with Crippen molar-refractivity contribution < 1.29 is 4.74 Å². The Hall–Kier alpha value is -1.68. The van der Waals surface area contributed by atoms with Crippen molar-refractivity contribution in [3.05, 3.63) is 33.5 Å². The smallest absolute Gasteiger partial charge is 0.194 e. The summed E-state index contributed by atoms with van der Waals surface area (Å²) in [5, 5.41) is 11.7. The van der Waals surface area contributed by atoms with Gasteiger partial charge in [-0.1, -0.05) is 18.5 Å². The Morgan fingerprint density at radius 2 is 2.14 bits per heavy atom. The van der Waals surface area contributed by atoms with Gasteiger partial charge in [0.25, 0.3) is 0 Å². The second-order valence-electron chi connectivity index (χ2n) is 6.89. The first kappa shape index (κ1) is 22.0. The normalized spacial score (nSPS) is 15.8. The lowest BCUT2D eigenvalue weighted by Gasteiger charge is -2.36. The van der Waals surface area contributed by atoms with Gasteiger partial charge >= 0.3 is 0 Å². The number of piperazine rings is 1. The molecule has 1 fully saturated rings. The molecule has 0 radical (unpaired) electrons. The van der Waals surface area contributed by atoms with Crippen LogP contribution in [0.25, 0.3) is 0 Å². The number of ether oxygens (including phenoxy) is 1. The van der Waals surface area contributed by atoms with E-state index in [1.165, 1.54) is 4.88 Å². The number of nitrogens with one attached hydrogen (secondary N) is 1. The molecule has 8 nitrogen and oxygen atoms in total. The van der Waals surface area contributed by atoms with Gasteiger partial charge in [-0.25, -0.2) is 0 Å². The van der Waals surface area contributed by atoms with E-state index >= 15 is 0 Å². The number of aromatic nitrogens is 3. The van der Waals surface area contributed by atoms with E-state index in [0.717, 1.165) is 68.4 Å². The molecule has 0 bridgehead atoms. The SMILES string of the molecule is CCc1nncn1CCNC(=NCCOC)N1CCN(Cc2ccc(Cl)s2)CC1. The van der Waals surface area contributed by atoms with E-state index in [4.69, 9.17) is 21.3 Å². The predicted octanol–water partition coefficient (Wildman–Crippen LogP) is 1.97. The molecule has 3 heterocycles. The summed E-state index contributed by atoms with van der Waals surface area (Å²) < 4.78 is 8.11. The average Bonchev–Trinajstić information content (AvgIpc) is 3.36. The molecule has 0 atom stereocenters. The van der Waals surface area contributed by atoms with Gasteiger partial charge in [-0.2, -0.15) is 0 Å². The molecule has 1 aliphatic rings. The van der Waals surface area contributed by atoms with Gasteiger partial charge in [0.1, 0.15) is 12.2 Å². The van der Waals surface area contributed by atoms with Crippen LogP contribution in [0.2, 0.25) is 4.34 Å². The summed E-state index contributed by atoms with van der Waals surface area (Å²) in [5.74, 6) is 1.96. The molecule has 0 saturated carbocycles. The topological polar surface area (TPSA) is 70.8 Å². The summed E-state index contributed by atoms with van der Waals surface area (Å²) in [7, 11) is 1.70. The summed E-state index contributed by atoms with van der Waals surface area (Å²) in [6.07, 6.45) is 2.67. The lowest BCUT2D eigenvalue weighted by molar-refractivity contribution is 0.172. The van der Waals surface area contributed by atoms with Gasteiger partial charge in [0, 0.05) is 64.2 Å². The van der Waals surface area contributed by atoms with E-state index in [2.05, 4.69) is 42.9 Å². The van der Waals surface area contributed by atoms with E-state index in [9.17, 15) is 0 Å². The second-order valence-corrected chi connectivity index (χ2v) is 8.69. The number of halogens is 1. The molecule has 0 aromatic carbocycles. The summed E-state index contributed by atoms with van der Waals surface area (Å²) >= 11 is 7.72. The van der Waals surface area contributed by atoms with Gasteiger partial charge < -0.3 is 19.5 Å². The van der Waals surface area contributed by atoms with Crippen LogP contribution < -0.4 is 5.32 Å². The number of aliphatic imine (C=N–C) groups is 1. The van der Waals surface area contributed by atoms with Crippen LogP contribution in [0.1, 0.15) is 17.6 Å². The molecular formula is C19H30ClN7OS. The van der Waals surface area contributed by atoms with Crippen LogP contribution in [-0.2, 0) is 24.2 Å². The lowest BCUT2D eigenvalue weighted by Crippen LogP contribution is -2.52. The monoisotopic (exact) mass is 439 g/mol. The van der Waals surface area contributed by atoms with Crippen molar-refractivity contribution in [1.29, 1.82) is 0 Å². The molecular weight excluding hydrogens is 410 g/mol. The standard InChI is InChI=1S/C19H30ClN7OS/c1-3-18-24-23-15-27(18)8-6-21-19(22-7-13-28-2)26-11-9-25(10-12-26)14-16-4-5-17(20)29-16/h4-5,15H,3,6-14H2,1-2H3,(H,21,22). The van der Waals surface area contributed by atoms with E-state index in [0.29, 0.717) is 13.2 Å². The van der Waals surface area contributed by atoms with Crippen molar-refractivity contribution in [1.82, 2.24) is 29.9 Å². The van der Waals surface area contributed by atoms with Crippen molar-refractivity contribution in [3.8, 4) is 0 Å². The first-order chi connectivity index (χ1) is 14.2. The molecule has 1 aliphatic heterocycles. The Morgan fingerprint density at radius 3 is 2.83 bits per heavy atom. The molecule has 1 saturated heterocycles. The third kappa shape index (κ3) is 6.67. The molecule has 3 rings (SSSR count). The van der Waals surface area contributed by atoms with Crippen molar-refractivity contribution in [2.45, 2.75) is 26.4 Å². The molecule has 0 aliphatic carbocycles. The van der Waals surface area contributed by atoms with Gasteiger partial charge in [0.15, 0.2) is 5.96 Å². The highest BCUT2D eigenvalue weighted by Gasteiger charge is 2.20. The summed E-state index contributed by atoms with van der Waals surface area (Å²) in [6, 6.07) is 4.09. The summed E-state index contributed by atoms with van der Waals surface area (Å²) in [4.78, 5) is 10.9. The number of nitrogens with zero attached hydrogens (tertiary/aromatic N) is 6. The molecule has 2 aromatic rings. The Morgan fingerprint density at radius 1 is 1.31 bits per heavy atom. The maximum Gasteiger partial charge on any atom is 0.194 e. The minimum Gasteiger partial charge on any atom is -0.383 e. The van der Waals surface area contributed by atoms with Gasteiger partial charge in [-0.3, -0.25) is 9.89 Å². The molecule has 0 unspecified atom stereocenters. The molecule has 0 amide bonds. The third-order valence-electron chi connectivity index (χ3n) is 4.88. The summed E-state index contributed by atoms with van der Waals surface area (Å²) in [5.41, 5.74) is 0. The number of hydrogen-bond donors (Lipinski definition) is 1. The number of thiophene rings is 1. The molecule has 0 spiro atoms. The zero-order valence-electron chi connectivity index (χ0n) is 17.2. The number of rotatable bonds is 9. The fraction of sp³-hybridized carbons (Fsp3) is 0.632. The highest BCUT2D eigenvalue weighted by atomic mass is 35.5. The highest BCUT2D eigenvalue weighted by Crippen LogP contribution is 2.23. The maximum atomic E-state index is 6.06. The Balaban J connectivity index is 1.51. The van der Waals surface area contributed by atoms with Crippen LogP contribution in [0.3, 0.4) is 0 Å². The zero-order chi connectivity index (χ0) is 20.5. The van der Waals surface area contributed by atoms with Crippen LogP contribution in [0.5, 0.6) is 0 Å². The molecule has 29 heavy (non-hydrogen) atoms. The Labute approximate surface area is 181 Å². The van der Waals surface area contributed by atoms with Gasteiger partial charge in [-0.15, -0.1) is 21.5 Å². The average molecular weight is 440 g/mol.